The number of benzene rings is 1. The smallest absolute Gasteiger partial charge is 0.272 e. The van der Waals surface area contributed by atoms with Gasteiger partial charge in [-0.25, -0.2) is 9.97 Å². The lowest BCUT2D eigenvalue weighted by atomic mass is 9.93. The van der Waals surface area contributed by atoms with E-state index in [0.717, 1.165) is 54.9 Å². The summed E-state index contributed by atoms with van der Waals surface area (Å²) >= 11 is 0. The van der Waals surface area contributed by atoms with Gasteiger partial charge in [-0.3, -0.25) is 9.89 Å². The van der Waals surface area contributed by atoms with Gasteiger partial charge in [0.1, 0.15) is 11.5 Å². The fraction of sp³-hybridized carbons (Fsp3) is 0.368. The number of aromatic nitrogens is 4. The summed E-state index contributed by atoms with van der Waals surface area (Å²) in [5, 5.41) is 8.16. The van der Waals surface area contributed by atoms with Crippen LogP contribution in [0, 0.1) is 12.8 Å². The largest absolute Gasteiger partial charge is 0.337 e. The third-order valence-corrected chi connectivity index (χ3v) is 4.83. The van der Waals surface area contributed by atoms with E-state index in [9.17, 15) is 4.79 Å². The van der Waals surface area contributed by atoms with Crippen LogP contribution in [0.25, 0.3) is 10.9 Å². The maximum atomic E-state index is 12.7. The number of nitrogens with one attached hydrogen (secondary N) is 1. The Bertz CT molecular complexity index is 895. The predicted octanol–water partition coefficient (Wildman–Crippen LogP) is 2.76. The van der Waals surface area contributed by atoms with E-state index in [0.29, 0.717) is 11.6 Å². The number of carbonyl (C=O) groups excluding carboxylic acids is 1. The summed E-state index contributed by atoms with van der Waals surface area (Å²) in [5.74, 6) is 2.28. The van der Waals surface area contributed by atoms with Gasteiger partial charge in [-0.1, -0.05) is 24.3 Å². The van der Waals surface area contributed by atoms with Crippen molar-refractivity contribution in [3.63, 3.8) is 0 Å². The van der Waals surface area contributed by atoms with Crippen LogP contribution < -0.4 is 0 Å². The molecule has 3 aromatic rings. The first kappa shape index (κ1) is 15.7. The summed E-state index contributed by atoms with van der Waals surface area (Å²) in [4.78, 5) is 23.6. The van der Waals surface area contributed by atoms with Crippen molar-refractivity contribution in [2.24, 2.45) is 5.92 Å². The lowest BCUT2D eigenvalue weighted by molar-refractivity contribution is 0.0684. The molecule has 25 heavy (non-hydrogen) atoms. The second-order valence-corrected chi connectivity index (χ2v) is 6.67. The van der Waals surface area contributed by atoms with E-state index in [2.05, 4.69) is 20.2 Å². The van der Waals surface area contributed by atoms with Crippen LogP contribution in [0.1, 0.15) is 35.0 Å². The minimum Gasteiger partial charge on any atom is -0.337 e. The molecule has 0 spiro atoms. The van der Waals surface area contributed by atoms with Crippen LogP contribution in [0.3, 0.4) is 0 Å². The van der Waals surface area contributed by atoms with Gasteiger partial charge in [-0.2, -0.15) is 5.10 Å². The standard InChI is InChI=1S/C19H21N5O/c1-13-20-18(23-22-13)12-14-8-10-24(11-9-14)19(25)17-7-6-15-4-2-3-5-16(15)21-17/h2-7,14H,8-12H2,1H3,(H,20,22,23). The summed E-state index contributed by atoms with van der Waals surface area (Å²) < 4.78 is 0. The third-order valence-electron chi connectivity index (χ3n) is 4.83. The lowest BCUT2D eigenvalue weighted by Crippen LogP contribution is -2.39. The molecule has 1 aromatic carbocycles. The van der Waals surface area contributed by atoms with E-state index >= 15 is 0 Å². The van der Waals surface area contributed by atoms with Crippen LogP contribution in [0.15, 0.2) is 36.4 Å². The van der Waals surface area contributed by atoms with Gasteiger partial charge in [-0.15, -0.1) is 0 Å². The molecule has 0 radical (unpaired) electrons. The van der Waals surface area contributed by atoms with Gasteiger partial charge in [0.25, 0.3) is 5.91 Å². The monoisotopic (exact) mass is 335 g/mol. The number of para-hydroxylation sites is 1. The zero-order valence-corrected chi connectivity index (χ0v) is 14.3. The average molecular weight is 335 g/mol. The zero-order chi connectivity index (χ0) is 17.2. The summed E-state index contributed by atoms with van der Waals surface area (Å²) in [5.41, 5.74) is 1.39. The van der Waals surface area contributed by atoms with Crippen LogP contribution in [0.5, 0.6) is 0 Å². The van der Waals surface area contributed by atoms with E-state index in [4.69, 9.17) is 0 Å². The number of aryl methyl sites for hydroxylation is 1. The second kappa shape index (κ2) is 6.63. The van der Waals surface area contributed by atoms with Gasteiger partial charge in [0, 0.05) is 24.9 Å². The van der Waals surface area contributed by atoms with E-state index in [1.165, 1.54) is 0 Å². The number of fused-ring (bicyclic) bond motifs is 1. The number of piperidine rings is 1. The van der Waals surface area contributed by atoms with Crippen LogP contribution in [-0.4, -0.2) is 44.1 Å². The molecule has 6 nitrogen and oxygen atoms in total. The van der Waals surface area contributed by atoms with Gasteiger partial charge in [0.05, 0.1) is 5.52 Å². The number of amides is 1. The number of nitrogens with zero attached hydrogens (tertiary/aromatic N) is 4. The first-order chi connectivity index (χ1) is 12.2. The zero-order valence-electron chi connectivity index (χ0n) is 14.3. The predicted molar refractivity (Wildman–Crippen MR) is 95.2 cm³/mol. The number of aromatic amines is 1. The molecule has 4 rings (SSSR count). The average Bonchev–Trinajstić information content (AvgIpc) is 3.06. The highest BCUT2D eigenvalue weighted by Gasteiger charge is 2.25. The number of hydrogen-bond acceptors (Lipinski definition) is 4. The van der Waals surface area contributed by atoms with Crippen molar-refractivity contribution in [3.05, 3.63) is 53.7 Å². The molecule has 1 amide bonds. The van der Waals surface area contributed by atoms with Gasteiger partial charge < -0.3 is 4.90 Å². The Balaban J connectivity index is 1.40. The first-order valence-corrected chi connectivity index (χ1v) is 8.72. The molecule has 1 saturated heterocycles. The molecule has 2 aromatic heterocycles. The molecule has 1 aliphatic rings. The number of rotatable bonds is 3. The fourth-order valence-electron chi connectivity index (χ4n) is 3.43. The van der Waals surface area contributed by atoms with Crippen LogP contribution in [-0.2, 0) is 6.42 Å². The normalized spacial score (nSPS) is 15.6. The summed E-state index contributed by atoms with van der Waals surface area (Å²) in [6, 6.07) is 11.7. The highest BCUT2D eigenvalue weighted by molar-refractivity contribution is 5.94. The van der Waals surface area contributed by atoms with Crippen molar-refractivity contribution in [2.75, 3.05) is 13.1 Å². The molecule has 0 unspecified atom stereocenters. The maximum absolute atomic E-state index is 12.7. The maximum Gasteiger partial charge on any atom is 0.272 e. The van der Waals surface area contributed by atoms with E-state index < -0.39 is 0 Å². The number of H-pyrrole nitrogens is 1. The van der Waals surface area contributed by atoms with Crippen molar-refractivity contribution in [3.8, 4) is 0 Å². The summed E-state index contributed by atoms with van der Waals surface area (Å²) in [6.45, 7) is 3.44. The molecule has 1 N–H and O–H groups in total. The summed E-state index contributed by atoms with van der Waals surface area (Å²) in [7, 11) is 0. The van der Waals surface area contributed by atoms with Crippen LogP contribution in [0.2, 0.25) is 0 Å². The Labute approximate surface area is 146 Å². The molecule has 0 bridgehead atoms. The van der Waals surface area contributed by atoms with Crippen molar-refractivity contribution < 1.29 is 4.79 Å². The fourth-order valence-corrected chi connectivity index (χ4v) is 3.43. The van der Waals surface area contributed by atoms with Gasteiger partial charge >= 0.3 is 0 Å². The number of hydrogen-bond donors (Lipinski definition) is 1. The molecule has 128 valence electrons. The van der Waals surface area contributed by atoms with Crippen LogP contribution >= 0.6 is 0 Å². The quantitative estimate of drug-likeness (QED) is 0.798. The number of likely N-dealkylation sites (tertiary alicyclic amines) is 1. The van der Waals surface area contributed by atoms with Crippen molar-refractivity contribution >= 4 is 16.8 Å². The SMILES string of the molecule is Cc1nc(CC2CCN(C(=O)c3ccc4ccccc4n3)CC2)n[nH]1. The third kappa shape index (κ3) is 3.38. The van der Waals surface area contributed by atoms with E-state index in [1.807, 2.05) is 48.2 Å². The molecule has 1 fully saturated rings. The molecule has 3 heterocycles. The molecule has 6 heteroatoms. The minimum absolute atomic E-state index is 0.0259. The van der Waals surface area contributed by atoms with Crippen LogP contribution in [0.4, 0.5) is 0 Å². The first-order valence-electron chi connectivity index (χ1n) is 8.72. The Hall–Kier alpha value is -2.76. The van der Waals surface area contributed by atoms with Gasteiger partial charge in [0.15, 0.2) is 5.82 Å². The summed E-state index contributed by atoms with van der Waals surface area (Å²) in [6.07, 6.45) is 2.83. The molecular weight excluding hydrogens is 314 g/mol. The molecule has 0 aliphatic carbocycles. The van der Waals surface area contributed by atoms with Gasteiger partial charge in [-0.05, 0) is 37.8 Å². The van der Waals surface area contributed by atoms with Crippen molar-refractivity contribution in [2.45, 2.75) is 26.2 Å². The molecule has 0 saturated carbocycles. The van der Waals surface area contributed by atoms with E-state index in [-0.39, 0.29) is 5.91 Å². The molecular formula is C19H21N5O. The Morgan fingerprint density at radius 1 is 1.16 bits per heavy atom. The number of pyridine rings is 1. The Kier molecular flexibility index (Phi) is 4.17. The Morgan fingerprint density at radius 3 is 2.72 bits per heavy atom. The minimum atomic E-state index is 0.0259. The molecule has 1 aliphatic heterocycles. The van der Waals surface area contributed by atoms with Crippen molar-refractivity contribution in [1.29, 1.82) is 0 Å². The topological polar surface area (TPSA) is 74.8 Å². The Morgan fingerprint density at radius 2 is 1.96 bits per heavy atom. The van der Waals surface area contributed by atoms with Crippen molar-refractivity contribution in [1.82, 2.24) is 25.1 Å². The molecule has 0 atom stereocenters. The second-order valence-electron chi connectivity index (χ2n) is 6.67. The highest BCUT2D eigenvalue weighted by Crippen LogP contribution is 2.22. The lowest BCUT2D eigenvalue weighted by Gasteiger charge is -2.31. The highest BCUT2D eigenvalue weighted by atomic mass is 16.2. The van der Waals surface area contributed by atoms with Gasteiger partial charge in [0.2, 0.25) is 0 Å². The van der Waals surface area contributed by atoms with E-state index in [1.54, 1.807) is 0 Å². The number of carbonyl (C=O) groups is 1.